The van der Waals surface area contributed by atoms with E-state index in [1.54, 1.807) is 6.92 Å². The van der Waals surface area contributed by atoms with Crippen LogP contribution in [0.15, 0.2) is 13.2 Å². The number of esters is 2. The summed E-state index contributed by atoms with van der Waals surface area (Å²) in [5.41, 5.74) is 0. The molecule has 0 heterocycles. The van der Waals surface area contributed by atoms with Gasteiger partial charge in [-0.15, -0.1) is 13.2 Å². The second-order valence-corrected chi connectivity index (χ2v) is 4.15. The third-order valence-electron chi connectivity index (χ3n) is 2.14. The predicted octanol–water partition coefficient (Wildman–Crippen LogP) is 0.638. The molecule has 0 saturated carbocycles. The van der Waals surface area contributed by atoms with E-state index in [0.717, 1.165) is 0 Å². The molecule has 3 unspecified atom stereocenters. The van der Waals surface area contributed by atoms with Crippen molar-refractivity contribution in [2.75, 3.05) is 13.7 Å². The molecule has 0 aromatic rings. The molecule has 3 atom stereocenters. The van der Waals surface area contributed by atoms with E-state index in [4.69, 9.17) is 14.6 Å². The number of ether oxygens (including phenoxy) is 3. The van der Waals surface area contributed by atoms with Crippen molar-refractivity contribution in [2.24, 2.45) is 0 Å². The van der Waals surface area contributed by atoms with Crippen molar-refractivity contribution < 1.29 is 33.7 Å². The molecule has 0 aromatic carbocycles. The molecule has 21 heavy (non-hydrogen) atoms. The van der Waals surface area contributed by atoms with Gasteiger partial charge in [0.15, 0.2) is 11.9 Å². The molecule has 0 rings (SSSR count). The van der Waals surface area contributed by atoms with Crippen molar-refractivity contribution in [1.82, 2.24) is 0 Å². The van der Waals surface area contributed by atoms with Gasteiger partial charge in [0.2, 0.25) is 0 Å². The van der Waals surface area contributed by atoms with Gasteiger partial charge in [-0.2, -0.15) is 0 Å². The minimum absolute atomic E-state index is 0.229. The minimum Gasteiger partial charge on any atom is -0.460 e. The summed E-state index contributed by atoms with van der Waals surface area (Å²) in [6, 6.07) is 0. The average Bonchev–Trinajstić information content (AvgIpc) is 2.40. The molecule has 7 heteroatoms. The summed E-state index contributed by atoms with van der Waals surface area (Å²) in [7, 11) is 1.47. The maximum atomic E-state index is 11.6. The van der Waals surface area contributed by atoms with E-state index < -0.39 is 42.5 Å². The number of aliphatic hydroxyl groups excluding tert-OH is 1. The normalized spacial score (nSPS) is 14.0. The topological polar surface area (TPSA) is 99.1 Å². The van der Waals surface area contributed by atoms with E-state index in [1.807, 2.05) is 0 Å². The summed E-state index contributed by atoms with van der Waals surface area (Å²) in [6.07, 6.45) is -3.38. The van der Waals surface area contributed by atoms with Crippen LogP contribution < -0.4 is 0 Å². The predicted molar refractivity (Wildman–Crippen MR) is 75.5 cm³/mol. The lowest BCUT2D eigenvalue weighted by Gasteiger charge is -2.15. The second-order valence-electron chi connectivity index (χ2n) is 4.15. The van der Waals surface area contributed by atoms with E-state index in [-0.39, 0.29) is 6.61 Å². The Bertz CT molecular complexity index is 338. The monoisotopic (exact) mass is 304 g/mol. The van der Waals surface area contributed by atoms with Crippen LogP contribution in [0.4, 0.5) is 0 Å². The molecule has 0 amide bonds. The summed E-state index contributed by atoms with van der Waals surface area (Å²) < 4.78 is 14.3. The van der Waals surface area contributed by atoms with Gasteiger partial charge in [-0.1, -0.05) is 0 Å². The van der Waals surface area contributed by atoms with Crippen molar-refractivity contribution >= 4 is 17.7 Å². The Balaban J connectivity index is 0. The van der Waals surface area contributed by atoms with Crippen molar-refractivity contribution in [2.45, 2.75) is 45.5 Å². The Labute approximate surface area is 124 Å². The number of carbonyl (C=O) groups is 3. The zero-order valence-corrected chi connectivity index (χ0v) is 13.0. The first-order valence-corrected chi connectivity index (χ1v) is 6.37. The lowest BCUT2D eigenvalue weighted by atomic mass is 10.2. The number of aliphatic hydroxyl groups is 1. The summed E-state index contributed by atoms with van der Waals surface area (Å²) in [5, 5.41) is 8.92. The highest BCUT2D eigenvalue weighted by atomic mass is 16.6. The molecular formula is C14H24O7. The molecule has 0 bridgehead atoms. The molecule has 1 N–H and O–H groups in total. The van der Waals surface area contributed by atoms with Crippen LogP contribution in [0.3, 0.4) is 0 Å². The van der Waals surface area contributed by atoms with Crippen LogP contribution in [0.1, 0.15) is 27.2 Å². The molecule has 122 valence electrons. The average molecular weight is 304 g/mol. The highest BCUT2D eigenvalue weighted by molar-refractivity contribution is 5.98. The molecule has 0 aliphatic rings. The van der Waals surface area contributed by atoms with Gasteiger partial charge in [-0.05, 0) is 20.8 Å². The fourth-order valence-electron chi connectivity index (χ4n) is 1.16. The minimum atomic E-state index is -1.32. The molecule has 7 nitrogen and oxygen atoms in total. The van der Waals surface area contributed by atoms with Crippen LogP contribution >= 0.6 is 0 Å². The van der Waals surface area contributed by atoms with E-state index in [2.05, 4.69) is 17.9 Å². The Morgan fingerprint density at radius 1 is 1.10 bits per heavy atom. The first-order valence-electron chi connectivity index (χ1n) is 6.37. The first kappa shape index (κ1) is 21.6. The van der Waals surface area contributed by atoms with Crippen LogP contribution in [0.2, 0.25) is 0 Å². The molecule has 0 aliphatic carbocycles. The fraction of sp³-hybridized carbons (Fsp3) is 0.643. The number of rotatable bonds is 8. The van der Waals surface area contributed by atoms with E-state index in [1.165, 1.54) is 21.0 Å². The highest BCUT2D eigenvalue weighted by Gasteiger charge is 2.23. The van der Waals surface area contributed by atoms with Gasteiger partial charge in [0.05, 0.1) is 6.61 Å². The van der Waals surface area contributed by atoms with Gasteiger partial charge in [0.1, 0.15) is 18.6 Å². The first-order chi connectivity index (χ1) is 9.77. The highest BCUT2D eigenvalue weighted by Crippen LogP contribution is 2.03. The van der Waals surface area contributed by atoms with Gasteiger partial charge in [0.25, 0.3) is 0 Å². The Morgan fingerprint density at radius 2 is 1.62 bits per heavy atom. The number of carbonyl (C=O) groups excluding carboxylic acids is 3. The van der Waals surface area contributed by atoms with Gasteiger partial charge in [-0.25, -0.2) is 4.79 Å². The fourth-order valence-corrected chi connectivity index (χ4v) is 1.16. The van der Waals surface area contributed by atoms with Gasteiger partial charge >= 0.3 is 11.9 Å². The van der Waals surface area contributed by atoms with E-state index >= 15 is 0 Å². The lowest BCUT2D eigenvalue weighted by molar-refractivity contribution is -0.164. The van der Waals surface area contributed by atoms with Crippen LogP contribution in [-0.2, 0) is 28.6 Å². The van der Waals surface area contributed by atoms with Crippen LogP contribution in [0.5, 0.6) is 0 Å². The maximum absolute atomic E-state index is 11.6. The quantitative estimate of drug-likeness (QED) is 0.399. The molecule has 0 radical (unpaired) electrons. The number of hydrogen-bond donors (Lipinski definition) is 1. The van der Waals surface area contributed by atoms with Crippen molar-refractivity contribution in [3.63, 3.8) is 0 Å². The largest absolute Gasteiger partial charge is 0.460 e. The smallest absolute Gasteiger partial charge is 0.335 e. The second kappa shape index (κ2) is 12.0. The molecular weight excluding hydrogens is 280 g/mol. The summed E-state index contributed by atoms with van der Waals surface area (Å²) in [4.78, 5) is 34.0. The Hall–Kier alpha value is -1.73. The van der Waals surface area contributed by atoms with Crippen LogP contribution in [0.25, 0.3) is 0 Å². The SMILES string of the molecule is C=C.COCC(C)OC(=O)CC(=O)C(C)OC(=O)C(C)O. The maximum Gasteiger partial charge on any atom is 0.335 e. The molecule has 0 aliphatic heterocycles. The molecule has 0 fully saturated rings. The summed E-state index contributed by atoms with van der Waals surface area (Å²) in [5.74, 6) is -2.22. The van der Waals surface area contributed by atoms with Crippen LogP contribution in [-0.4, -0.2) is 54.9 Å². The summed E-state index contributed by atoms with van der Waals surface area (Å²) in [6.45, 7) is 10.4. The number of hydrogen-bond acceptors (Lipinski definition) is 7. The third-order valence-corrected chi connectivity index (χ3v) is 2.14. The van der Waals surface area contributed by atoms with Crippen molar-refractivity contribution in [3.8, 4) is 0 Å². The summed E-state index contributed by atoms with van der Waals surface area (Å²) >= 11 is 0. The Kier molecular flexibility index (Phi) is 12.4. The number of ketones is 1. The van der Waals surface area contributed by atoms with E-state index in [0.29, 0.717) is 0 Å². The Morgan fingerprint density at radius 3 is 2.05 bits per heavy atom. The molecule has 0 saturated heterocycles. The zero-order valence-electron chi connectivity index (χ0n) is 13.0. The van der Waals surface area contributed by atoms with Gasteiger partial charge in [0, 0.05) is 7.11 Å². The standard InChI is InChI=1S/C12H20O7.C2H4/c1-7(6-17-4)18-11(15)5-10(14)9(3)19-12(16)8(2)13;1-2/h7-9,13H,5-6H2,1-4H3;1-2H2. The van der Waals surface area contributed by atoms with Crippen LogP contribution in [0, 0.1) is 0 Å². The lowest BCUT2D eigenvalue weighted by Crippen LogP contribution is -2.31. The zero-order chi connectivity index (χ0) is 17.0. The van der Waals surface area contributed by atoms with Gasteiger partial charge in [-0.3, -0.25) is 9.59 Å². The third kappa shape index (κ3) is 10.7. The van der Waals surface area contributed by atoms with E-state index in [9.17, 15) is 14.4 Å². The molecule has 0 aromatic heterocycles. The van der Waals surface area contributed by atoms with Gasteiger partial charge < -0.3 is 19.3 Å². The number of Topliss-reactive ketones (excluding diaryl/α,β-unsaturated/α-hetero) is 1. The molecule has 0 spiro atoms. The van der Waals surface area contributed by atoms with Crippen molar-refractivity contribution in [3.05, 3.63) is 13.2 Å². The van der Waals surface area contributed by atoms with Crippen molar-refractivity contribution in [1.29, 1.82) is 0 Å². The number of methoxy groups -OCH3 is 1.